The van der Waals surface area contributed by atoms with Crippen LogP contribution in [0.5, 0.6) is 0 Å². The lowest BCUT2D eigenvalue weighted by molar-refractivity contribution is -0.257. The van der Waals surface area contributed by atoms with Gasteiger partial charge in [-0.3, -0.25) is 9.69 Å². The molecule has 25 heavy (non-hydrogen) atoms. The number of hydrogen-bond acceptors (Lipinski definition) is 4. The number of aliphatic hydroxyl groups excluding tert-OH is 1. The van der Waals surface area contributed by atoms with Gasteiger partial charge in [0, 0.05) is 36.7 Å². The summed E-state index contributed by atoms with van der Waals surface area (Å²) in [5, 5.41) is 11.1. The number of likely N-dealkylation sites (N-methyl/N-ethyl adjacent to an activating group) is 1. The number of aliphatic hydroxyl groups is 1. The number of piperidine rings is 3. The van der Waals surface area contributed by atoms with Crippen LogP contribution in [0.3, 0.4) is 0 Å². The smallest absolute Gasteiger partial charge is 0.239 e. The Kier molecular flexibility index (Phi) is 2.62. The molecule has 0 radical (unpaired) electrons. The van der Waals surface area contributed by atoms with Gasteiger partial charge in [0.05, 0.1) is 18.1 Å². The van der Waals surface area contributed by atoms with Gasteiger partial charge >= 0.3 is 0 Å². The Bertz CT molecular complexity index is 782. The number of hydrogen-bond donors (Lipinski definition) is 1. The number of benzene rings is 1. The Hall–Kier alpha value is -1.43. The molecule has 5 nitrogen and oxygen atoms in total. The highest BCUT2D eigenvalue weighted by atomic mass is 16.5. The van der Waals surface area contributed by atoms with Crippen molar-refractivity contribution in [3.63, 3.8) is 0 Å². The number of rotatable bonds is 0. The largest absolute Gasteiger partial charge is 0.378 e. The Morgan fingerprint density at radius 2 is 2.08 bits per heavy atom. The van der Waals surface area contributed by atoms with Crippen molar-refractivity contribution < 1.29 is 14.6 Å². The van der Waals surface area contributed by atoms with Crippen molar-refractivity contribution in [2.75, 3.05) is 18.6 Å². The van der Waals surface area contributed by atoms with Gasteiger partial charge in [0.15, 0.2) is 0 Å². The molecule has 1 N–H and O–H groups in total. The average Bonchev–Trinajstić information content (AvgIpc) is 3.01. The molecule has 5 saturated heterocycles. The van der Waals surface area contributed by atoms with Gasteiger partial charge in [0.1, 0.15) is 6.23 Å². The molecule has 6 aliphatic rings. The summed E-state index contributed by atoms with van der Waals surface area (Å²) in [5.74, 6) is 1.32. The van der Waals surface area contributed by atoms with Crippen LogP contribution in [0.25, 0.3) is 0 Å². The highest BCUT2D eigenvalue weighted by molar-refractivity contribution is 6.08. The normalized spacial score (nSPS) is 52.1. The molecule has 9 atom stereocenters. The van der Waals surface area contributed by atoms with Crippen molar-refractivity contribution in [2.24, 2.45) is 17.8 Å². The summed E-state index contributed by atoms with van der Waals surface area (Å²) in [4.78, 5) is 17.6. The minimum Gasteiger partial charge on any atom is -0.378 e. The first kappa shape index (κ1) is 14.7. The molecule has 0 aliphatic carbocycles. The number of nitrogens with zero attached hydrogens (tertiary/aromatic N) is 2. The molecular formula is C20H24N2O3. The predicted octanol–water partition coefficient (Wildman–Crippen LogP) is 1.35. The van der Waals surface area contributed by atoms with Crippen molar-refractivity contribution in [3.05, 3.63) is 29.8 Å². The fraction of sp³-hybridized carbons (Fsp3) is 0.650. The zero-order valence-electron chi connectivity index (χ0n) is 14.6. The summed E-state index contributed by atoms with van der Waals surface area (Å²) in [6, 6.07) is 8.61. The van der Waals surface area contributed by atoms with E-state index in [9.17, 15) is 9.90 Å². The summed E-state index contributed by atoms with van der Waals surface area (Å²) in [6.07, 6.45) is 1.44. The molecule has 0 saturated carbocycles. The lowest BCUT2D eigenvalue weighted by Gasteiger charge is -2.61. The van der Waals surface area contributed by atoms with E-state index in [0.717, 1.165) is 25.1 Å². The summed E-state index contributed by atoms with van der Waals surface area (Å²) >= 11 is 0. The van der Waals surface area contributed by atoms with Crippen molar-refractivity contribution in [3.8, 4) is 0 Å². The van der Waals surface area contributed by atoms with Crippen LogP contribution in [-0.2, 0) is 14.9 Å². The first-order valence-corrected chi connectivity index (χ1v) is 9.50. The highest BCUT2D eigenvalue weighted by Gasteiger charge is 2.72. The van der Waals surface area contributed by atoms with Gasteiger partial charge < -0.3 is 14.7 Å². The molecule has 9 unspecified atom stereocenters. The molecule has 1 aromatic rings. The quantitative estimate of drug-likeness (QED) is 0.775. The second-order valence-electron chi connectivity index (χ2n) is 8.68. The molecule has 6 bridgehead atoms. The fourth-order valence-corrected chi connectivity index (χ4v) is 7.10. The maximum Gasteiger partial charge on any atom is 0.239 e. The molecule has 6 aliphatic heterocycles. The summed E-state index contributed by atoms with van der Waals surface area (Å²) in [6.45, 7) is 2.86. The first-order chi connectivity index (χ1) is 12.1. The number of ether oxygens (including phenoxy) is 1. The number of carbonyl (C=O) groups is 1. The molecule has 5 fully saturated rings. The van der Waals surface area contributed by atoms with E-state index in [1.807, 2.05) is 24.1 Å². The van der Waals surface area contributed by atoms with E-state index in [2.05, 4.69) is 24.0 Å². The maximum absolute atomic E-state index is 13.5. The molecule has 1 aromatic carbocycles. The van der Waals surface area contributed by atoms with Gasteiger partial charge in [-0.25, -0.2) is 0 Å². The number of amides is 1. The summed E-state index contributed by atoms with van der Waals surface area (Å²) < 4.78 is 6.00. The minimum atomic E-state index is -0.484. The van der Waals surface area contributed by atoms with Gasteiger partial charge in [-0.1, -0.05) is 18.2 Å². The second kappa shape index (κ2) is 4.45. The summed E-state index contributed by atoms with van der Waals surface area (Å²) in [5.41, 5.74) is 1.72. The van der Waals surface area contributed by atoms with Crippen molar-refractivity contribution >= 4 is 11.6 Å². The van der Waals surface area contributed by atoms with Crippen LogP contribution < -0.4 is 4.90 Å². The lowest BCUT2D eigenvalue weighted by Crippen LogP contribution is -2.70. The molecule has 7 rings (SSSR count). The molecule has 6 heterocycles. The monoisotopic (exact) mass is 340 g/mol. The molecule has 0 aromatic heterocycles. The van der Waals surface area contributed by atoms with E-state index >= 15 is 0 Å². The number of carbonyl (C=O) groups excluding carboxylic acids is 1. The van der Waals surface area contributed by atoms with Gasteiger partial charge in [-0.2, -0.15) is 0 Å². The van der Waals surface area contributed by atoms with Crippen LogP contribution in [0.2, 0.25) is 0 Å². The highest BCUT2D eigenvalue weighted by Crippen LogP contribution is 2.64. The lowest BCUT2D eigenvalue weighted by atomic mass is 9.63. The van der Waals surface area contributed by atoms with Crippen LogP contribution in [0.15, 0.2) is 24.3 Å². The minimum absolute atomic E-state index is 0.101. The Balaban J connectivity index is 1.53. The topological polar surface area (TPSA) is 53.0 Å². The third-order valence-corrected chi connectivity index (χ3v) is 8.05. The molecular weight excluding hydrogens is 316 g/mol. The molecule has 1 amide bonds. The Morgan fingerprint density at radius 1 is 1.28 bits per heavy atom. The van der Waals surface area contributed by atoms with E-state index in [0.29, 0.717) is 11.8 Å². The number of anilines is 1. The van der Waals surface area contributed by atoms with Crippen molar-refractivity contribution in [2.45, 2.75) is 49.6 Å². The van der Waals surface area contributed by atoms with E-state index in [1.54, 1.807) is 0 Å². The number of fused-ring (bicyclic) bond motifs is 2. The average molecular weight is 340 g/mol. The molecule has 1 spiro atoms. The van der Waals surface area contributed by atoms with Gasteiger partial charge in [-0.15, -0.1) is 0 Å². The van der Waals surface area contributed by atoms with E-state index in [1.165, 1.54) is 5.56 Å². The Morgan fingerprint density at radius 3 is 2.92 bits per heavy atom. The van der Waals surface area contributed by atoms with Gasteiger partial charge in [0.2, 0.25) is 5.91 Å². The molecule has 5 heteroatoms. The maximum atomic E-state index is 13.5. The molecule has 132 valence electrons. The predicted molar refractivity (Wildman–Crippen MR) is 92.1 cm³/mol. The van der Waals surface area contributed by atoms with Crippen LogP contribution in [0, 0.1) is 17.8 Å². The van der Waals surface area contributed by atoms with Crippen molar-refractivity contribution in [1.82, 2.24) is 4.90 Å². The van der Waals surface area contributed by atoms with E-state index in [4.69, 9.17) is 4.74 Å². The van der Waals surface area contributed by atoms with Gasteiger partial charge in [-0.05, 0) is 37.3 Å². The first-order valence-electron chi connectivity index (χ1n) is 9.50. The third kappa shape index (κ3) is 1.44. The van der Waals surface area contributed by atoms with E-state index in [-0.39, 0.29) is 30.0 Å². The number of para-hydroxylation sites is 1. The fourth-order valence-electron chi connectivity index (χ4n) is 7.10. The zero-order chi connectivity index (χ0) is 17.1. The Labute approximate surface area is 147 Å². The SMILES string of the molecule is CC1OCC2C3CC4N(C(O)C13)C2CC41C(=O)N(C)c2ccccc21. The van der Waals surface area contributed by atoms with Crippen molar-refractivity contribution in [1.29, 1.82) is 0 Å². The second-order valence-corrected chi connectivity index (χ2v) is 8.68. The standard InChI is InChI=1S/C20H24N2O3/c1-10-17-11-7-16-20(8-15(12(11)9-25-10)22(16)18(17)23)13-5-3-4-6-14(13)21(2)19(20)24/h3-6,10-12,15-18,23H,7-9H2,1-2H3. The van der Waals surface area contributed by atoms with Crippen LogP contribution in [-0.4, -0.2) is 54.0 Å². The van der Waals surface area contributed by atoms with Crippen LogP contribution in [0.1, 0.15) is 25.3 Å². The zero-order valence-corrected chi connectivity index (χ0v) is 14.6. The summed E-state index contributed by atoms with van der Waals surface area (Å²) in [7, 11) is 1.89. The van der Waals surface area contributed by atoms with E-state index < -0.39 is 11.6 Å². The third-order valence-electron chi connectivity index (χ3n) is 8.05. The van der Waals surface area contributed by atoms with Gasteiger partial charge in [0.25, 0.3) is 0 Å². The van der Waals surface area contributed by atoms with Crippen LogP contribution >= 0.6 is 0 Å². The van der Waals surface area contributed by atoms with Crippen LogP contribution in [0.4, 0.5) is 5.69 Å².